The molecule has 0 amide bonds. The van der Waals surface area contributed by atoms with E-state index < -0.39 is 0 Å². The highest BCUT2D eigenvalue weighted by atomic mass is 15.0. The first-order valence-corrected chi connectivity index (χ1v) is 15.9. The summed E-state index contributed by atoms with van der Waals surface area (Å²) < 4.78 is 2.38. The van der Waals surface area contributed by atoms with Crippen molar-refractivity contribution < 1.29 is 0 Å². The van der Waals surface area contributed by atoms with E-state index in [9.17, 15) is 0 Å². The van der Waals surface area contributed by atoms with Crippen molar-refractivity contribution in [1.82, 2.24) is 14.5 Å². The first-order valence-electron chi connectivity index (χ1n) is 15.9. The molecule has 0 radical (unpaired) electrons. The highest BCUT2D eigenvalue weighted by molar-refractivity contribution is 6.09. The van der Waals surface area contributed by atoms with E-state index in [0.29, 0.717) is 0 Å². The van der Waals surface area contributed by atoms with Crippen molar-refractivity contribution in [2.45, 2.75) is 19.3 Å². The predicted octanol–water partition coefficient (Wildman–Crippen LogP) is 10.9. The maximum absolute atomic E-state index is 5.31. The van der Waals surface area contributed by atoms with E-state index in [1.54, 1.807) is 0 Å². The van der Waals surface area contributed by atoms with Gasteiger partial charge in [0, 0.05) is 44.1 Å². The van der Waals surface area contributed by atoms with Crippen LogP contribution >= 0.6 is 0 Å². The molecule has 0 fully saturated rings. The van der Waals surface area contributed by atoms with Gasteiger partial charge in [0.2, 0.25) is 0 Å². The van der Waals surface area contributed by atoms with Gasteiger partial charge < -0.3 is 4.57 Å². The van der Waals surface area contributed by atoms with Gasteiger partial charge in [-0.15, -0.1) is 0 Å². The number of para-hydroxylation sites is 2. The Morgan fingerprint density at radius 1 is 0.478 bits per heavy atom. The van der Waals surface area contributed by atoms with Crippen molar-refractivity contribution in [3.63, 3.8) is 0 Å². The van der Waals surface area contributed by atoms with E-state index in [0.717, 1.165) is 45.2 Å². The highest BCUT2D eigenvalue weighted by Gasteiger charge is 2.40. The second-order valence-electron chi connectivity index (χ2n) is 12.7. The van der Waals surface area contributed by atoms with Crippen molar-refractivity contribution in [2.24, 2.45) is 0 Å². The molecule has 3 nitrogen and oxygen atoms in total. The maximum atomic E-state index is 5.31. The van der Waals surface area contributed by atoms with Gasteiger partial charge in [0.15, 0.2) is 5.82 Å². The zero-order chi connectivity index (χ0) is 30.8. The maximum Gasteiger partial charge on any atom is 0.160 e. The quantitative estimate of drug-likeness (QED) is 0.204. The third kappa shape index (κ3) is 3.98. The monoisotopic (exact) mass is 589 g/mol. The van der Waals surface area contributed by atoms with Crippen LogP contribution in [0.4, 0.5) is 0 Å². The van der Waals surface area contributed by atoms with Crippen LogP contribution in [-0.2, 0) is 5.41 Å². The van der Waals surface area contributed by atoms with E-state index in [1.165, 1.54) is 38.5 Å². The molecule has 0 N–H and O–H groups in total. The van der Waals surface area contributed by atoms with Gasteiger partial charge in [-0.25, -0.2) is 9.97 Å². The lowest BCUT2D eigenvalue weighted by Gasteiger charge is -2.24. The van der Waals surface area contributed by atoms with E-state index in [1.807, 2.05) is 18.2 Å². The van der Waals surface area contributed by atoms with Crippen LogP contribution in [0.15, 0.2) is 152 Å². The van der Waals surface area contributed by atoms with Crippen LogP contribution in [-0.4, -0.2) is 14.5 Å². The lowest BCUT2D eigenvalue weighted by atomic mass is 9.80. The summed E-state index contributed by atoms with van der Waals surface area (Å²) in [6.45, 7) is 4.59. The van der Waals surface area contributed by atoms with E-state index >= 15 is 0 Å². The molecule has 0 spiro atoms. The van der Waals surface area contributed by atoms with Crippen molar-refractivity contribution in [3.8, 4) is 50.7 Å². The van der Waals surface area contributed by atoms with Crippen LogP contribution < -0.4 is 0 Å². The van der Waals surface area contributed by atoms with Crippen LogP contribution in [0.25, 0.3) is 72.5 Å². The fourth-order valence-electron chi connectivity index (χ4n) is 7.41. The summed E-state index contributed by atoms with van der Waals surface area (Å²) in [7, 11) is 0. The first kappa shape index (κ1) is 26.6. The molecular weight excluding hydrogens is 558 g/mol. The first-order chi connectivity index (χ1) is 22.6. The van der Waals surface area contributed by atoms with Crippen LogP contribution in [0.5, 0.6) is 0 Å². The summed E-state index contributed by atoms with van der Waals surface area (Å²) >= 11 is 0. The van der Waals surface area contributed by atoms with Crippen molar-refractivity contribution in [3.05, 3.63) is 163 Å². The van der Waals surface area contributed by atoms with Crippen molar-refractivity contribution in [1.29, 1.82) is 0 Å². The average Bonchev–Trinajstić information content (AvgIpc) is 3.57. The Hall–Kier alpha value is -5.80. The number of hydrogen-bond acceptors (Lipinski definition) is 2. The minimum absolute atomic E-state index is 0.233. The van der Waals surface area contributed by atoms with Gasteiger partial charge in [-0.2, -0.15) is 0 Å². The van der Waals surface area contributed by atoms with Gasteiger partial charge in [0.1, 0.15) is 0 Å². The Labute approximate surface area is 268 Å². The summed E-state index contributed by atoms with van der Waals surface area (Å²) in [6, 6.07) is 54.0. The number of fused-ring (bicyclic) bond motifs is 6. The molecule has 0 atom stereocenters. The number of aromatic nitrogens is 3. The molecule has 46 heavy (non-hydrogen) atoms. The molecule has 0 bridgehead atoms. The summed E-state index contributed by atoms with van der Waals surface area (Å²) in [4.78, 5) is 10.5. The molecule has 0 saturated carbocycles. The largest absolute Gasteiger partial charge is 0.309 e. The van der Waals surface area contributed by atoms with Gasteiger partial charge in [-0.1, -0.05) is 135 Å². The van der Waals surface area contributed by atoms with Crippen LogP contribution in [0.2, 0.25) is 0 Å². The lowest BCUT2D eigenvalue weighted by Crippen LogP contribution is -2.17. The normalized spacial score (nSPS) is 13.2. The van der Waals surface area contributed by atoms with Gasteiger partial charge in [-0.05, 0) is 47.0 Å². The highest BCUT2D eigenvalue weighted by Crippen LogP contribution is 2.51. The molecule has 218 valence electrons. The Morgan fingerprint density at radius 2 is 1.04 bits per heavy atom. The van der Waals surface area contributed by atoms with Crippen molar-refractivity contribution >= 4 is 21.8 Å². The fraction of sp³-hybridized carbons (Fsp3) is 0.0698. The van der Waals surface area contributed by atoms with E-state index in [4.69, 9.17) is 9.97 Å². The topological polar surface area (TPSA) is 30.7 Å². The number of hydrogen-bond donors (Lipinski definition) is 0. The molecule has 2 heterocycles. The number of rotatable bonds is 4. The molecule has 9 rings (SSSR count). The summed E-state index contributed by atoms with van der Waals surface area (Å²) in [5.74, 6) is 0.751. The van der Waals surface area contributed by atoms with Crippen LogP contribution in [0.1, 0.15) is 25.0 Å². The third-order valence-electron chi connectivity index (χ3n) is 9.58. The minimum Gasteiger partial charge on any atom is -0.309 e. The molecule has 8 aromatic rings. The molecule has 0 aliphatic heterocycles. The molecule has 2 aromatic heterocycles. The van der Waals surface area contributed by atoms with Gasteiger partial charge >= 0.3 is 0 Å². The zero-order valence-electron chi connectivity index (χ0n) is 25.8. The van der Waals surface area contributed by atoms with Gasteiger partial charge in [0.05, 0.1) is 22.4 Å². The molecule has 1 aliphatic rings. The standard InChI is InChI=1S/C43H31N3/c1-43(2)36-23-9-6-22-35(36)41-39(43)40(44-42(45-41)28-14-4-3-5-15-28)31-18-12-16-29(26-31)30-17-13-19-32(27-30)46-37-24-10-7-20-33(37)34-21-8-11-25-38(34)46/h3-27H,1-2H3. The molecule has 0 saturated heterocycles. The van der Waals surface area contributed by atoms with Crippen LogP contribution in [0.3, 0.4) is 0 Å². The third-order valence-corrected chi connectivity index (χ3v) is 9.58. The minimum atomic E-state index is -0.233. The van der Waals surface area contributed by atoms with Crippen LogP contribution in [0, 0.1) is 0 Å². The van der Waals surface area contributed by atoms with Crippen molar-refractivity contribution in [2.75, 3.05) is 0 Å². The lowest BCUT2D eigenvalue weighted by molar-refractivity contribution is 0.658. The van der Waals surface area contributed by atoms with E-state index in [2.05, 4.69) is 152 Å². The summed E-state index contributed by atoms with van der Waals surface area (Å²) in [6.07, 6.45) is 0. The zero-order valence-corrected chi connectivity index (χ0v) is 25.8. The number of nitrogens with zero attached hydrogens (tertiary/aromatic N) is 3. The molecule has 0 unspecified atom stereocenters. The Kier molecular flexibility index (Phi) is 5.85. The van der Waals surface area contributed by atoms with Gasteiger partial charge in [-0.3, -0.25) is 0 Å². The fourth-order valence-corrected chi connectivity index (χ4v) is 7.41. The second-order valence-corrected chi connectivity index (χ2v) is 12.7. The smallest absolute Gasteiger partial charge is 0.160 e. The molecular formula is C43H31N3. The van der Waals surface area contributed by atoms with Gasteiger partial charge in [0.25, 0.3) is 0 Å². The Bertz CT molecular complexity index is 2400. The summed E-state index contributed by atoms with van der Waals surface area (Å²) in [5, 5.41) is 2.53. The van der Waals surface area contributed by atoms with E-state index in [-0.39, 0.29) is 5.41 Å². The Balaban J connectivity index is 1.22. The molecule has 3 heteroatoms. The summed E-state index contributed by atoms with van der Waals surface area (Å²) in [5.41, 5.74) is 13.5. The predicted molar refractivity (Wildman–Crippen MR) is 190 cm³/mol. The second kappa shape index (κ2) is 10.1. The average molecular weight is 590 g/mol. The number of benzene rings is 6. The SMILES string of the molecule is CC1(C)c2ccccc2-c2nc(-c3ccccc3)nc(-c3cccc(-c4cccc(-n5c6ccccc6c6ccccc65)c4)c3)c21. The molecule has 6 aromatic carbocycles. The Morgan fingerprint density at radius 3 is 1.80 bits per heavy atom. The molecule has 1 aliphatic carbocycles.